The fourth-order valence-electron chi connectivity index (χ4n) is 6.06. The Morgan fingerprint density at radius 2 is 1.63 bits per heavy atom. The molecule has 4 aliphatic carbocycles. The first kappa shape index (κ1) is 20.8. The second-order valence-corrected chi connectivity index (χ2v) is 9.20. The average molecular weight is 420 g/mol. The van der Waals surface area contributed by atoms with Crippen LogP contribution in [0.5, 0.6) is 0 Å². The van der Waals surface area contributed by atoms with Crippen LogP contribution in [0, 0.1) is 34.8 Å². The molecule has 4 saturated carbocycles. The van der Waals surface area contributed by atoms with Gasteiger partial charge >= 0.3 is 5.97 Å². The predicted octanol–water partition coefficient (Wildman–Crippen LogP) is 3.17. The van der Waals surface area contributed by atoms with E-state index in [1.165, 1.54) is 19.3 Å². The molecule has 4 bridgehead atoms. The Kier molecular flexibility index (Phi) is 5.75. The van der Waals surface area contributed by atoms with Crippen molar-refractivity contribution in [2.75, 3.05) is 18.5 Å². The lowest BCUT2D eigenvalue weighted by Gasteiger charge is -2.56. The molecule has 0 aromatic heterocycles. The smallest absolute Gasteiger partial charge is 0.325 e. The van der Waals surface area contributed by atoms with Gasteiger partial charge in [0.25, 0.3) is 5.91 Å². The lowest BCUT2D eigenvalue weighted by Crippen LogP contribution is -2.48. The Morgan fingerprint density at radius 3 is 2.27 bits per heavy atom. The molecule has 2 amide bonds. The molecule has 0 saturated heterocycles. The third-order valence-electron chi connectivity index (χ3n) is 6.70. The van der Waals surface area contributed by atoms with Gasteiger partial charge in [-0.1, -0.05) is 0 Å². The van der Waals surface area contributed by atoms with Gasteiger partial charge in [-0.2, -0.15) is 0 Å². The summed E-state index contributed by atoms with van der Waals surface area (Å²) in [5.74, 6) is -0.989. The zero-order valence-electron chi connectivity index (χ0n) is 16.7. The van der Waals surface area contributed by atoms with Crippen LogP contribution in [0.2, 0.25) is 0 Å². The van der Waals surface area contributed by atoms with Gasteiger partial charge in [0.05, 0.1) is 5.69 Å². The van der Waals surface area contributed by atoms with E-state index in [2.05, 4.69) is 10.6 Å². The van der Waals surface area contributed by atoms with Gasteiger partial charge in [0.2, 0.25) is 5.91 Å². The van der Waals surface area contributed by atoms with Crippen molar-refractivity contribution in [3.63, 3.8) is 0 Å². The van der Waals surface area contributed by atoms with E-state index in [1.807, 2.05) is 0 Å². The van der Waals surface area contributed by atoms with Crippen molar-refractivity contribution in [1.82, 2.24) is 5.32 Å². The van der Waals surface area contributed by atoms with Gasteiger partial charge in [0.15, 0.2) is 6.61 Å². The minimum atomic E-state index is -0.798. The number of ether oxygens (including phenoxy) is 1. The van der Waals surface area contributed by atoms with Crippen LogP contribution >= 0.6 is 0 Å². The van der Waals surface area contributed by atoms with Crippen LogP contribution in [0.1, 0.15) is 44.9 Å². The molecule has 0 atom stereocenters. The van der Waals surface area contributed by atoms with E-state index in [1.54, 1.807) is 0 Å². The van der Waals surface area contributed by atoms with E-state index in [0.717, 1.165) is 55.2 Å². The highest BCUT2D eigenvalue weighted by atomic mass is 19.1. The number of hydrogen-bond donors (Lipinski definition) is 2. The zero-order valence-corrected chi connectivity index (χ0v) is 16.7. The first-order valence-corrected chi connectivity index (χ1v) is 10.5. The number of hydrogen-bond acceptors (Lipinski definition) is 4. The van der Waals surface area contributed by atoms with Gasteiger partial charge in [0, 0.05) is 12.5 Å². The molecule has 30 heavy (non-hydrogen) atoms. The van der Waals surface area contributed by atoms with Crippen molar-refractivity contribution in [2.24, 2.45) is 23.2 Å². The summed E-state index contributed by atoms with van der Waals surface area (Å²) in [6.07, 6.45) is 7.65. The number of benzene rings is 1. The third kappa shape index (κ3) is 4.79. The number of rotatable bonds is 7. The monoisotopic (exact) mass is 420 g/mol. The second kappa shape index (κ2) is 8.32. The lowest BCUT2D eigenvalue weighted by molar-refractivity contribution is -0.147. The summed E-state index contributed by atoms with van der Waals surface area (Å²) in [6.45, 7) is -0.980. The van der Waals surface area contributed by atoms with Gasteiger partial charge in [0.1, 0.15) is 18.2 Å². The minimum absolute atomic E-state index is 0.0810. The molecule has 0 aliphatic heterocycles. The number of carbonyl (C=O) groups is 3. The largest absolute Gasteiger partial charge is 0.454 e. The van der Waals surface area contributed by atoms with E-state index in [0.29, 0.717) is 6.42 Å². The summed E-state index contributed by atoms with van der Waals surface area (Å²) in [7, 11) is 0. The predicted molar refractivity (Wildman–Crippen MR) is 104 cm³/mol. The average Bonchev–Trinajstić information content (AvgIpc) is 2.66. The van der Waals surface area contributed by atoms with Crippen LogP contribution in [0.15, 0.2) is 18.2 Å². The summed E-state index contributed by atoms with van der Waals surface area (Å²) < 4.78 is 31.4. The highest BCUT2D eigenvalue weighted by Crippen LogP contribution is 2.61. The molecular weight excluding hydrogens is 394 g/mol. The van der Waals surface area contributed by atoms with Gasteiger partial charge in [-0.05, 0) is 73.8 Å². The number of esters is 1. The number of nitrogens with one attached hydrogen (secondary N) is 2. The zero-order chi connectivity index (χ0) is 21.3. The molecule has 0 radical (unpaired) electrons. The Morgan fingerprint density at radius 1 is 1.00 bits per heavy atom. The van der Waals surface area contributed by atoms with Crippen molar-refractivity contribution in [3.05, 3.63) is 29.8 Å². The Labute approximate surface area is 173 Å². The van der Waals surface area contributed by atoms with E-state index in [4.69, 9.17) is 4.74 Å². The van der Waals surface area contributed by atoms with Crippen LogP contribution in [0.3, 0.4) is 0 Å². The maximum atomic E-state index is 13.5. The summed E-state index contributed by atoms with van der Waals surface area (Å²) in [4.78, 5) is 36.0. The molecule has 8 heteroatoms. The molecule has 0 spiro atoms. The molecule has 0 unspecified atom stereocenters. The minimum Gasteiger partial charge on any atom is -0.454 e. The van der Waals surface area contributed by atoms with Crippen molar-refractivity contribution in [1.29, 1.82) is 0 Å². The van der Waals surface area contributed by atoms with Crippen molar-refractivity contribution in [3.8, 4) is 0 Å². The van der Waals surface area contributed by atoms with E-state index >= 15 is 0 Å². The third-order valence-corrected chi connectivity index (χ3v) is 6.70. The molecule has 5 rings (SSSR count). The molecule has 0 heterocycles. The summed E-state index contributed by atoms with van der Waals surface area (Å²) in [5.41, 5.74) is -0.252. The van der Waals surface area contributed by atoms with Crippen molar-refractivity contribution < 1.29 is 27.9 Å². The fourth-order valence-corrected chi connectivity index (χ4v) is 6.06. The normalized spacial score (nSPS) is 28.8. The number of amides is 2. The van der Waals surface area contributed by atoms with E-state index < -0.39 is 30.1 Å². The van der Waals surface area contributed by atoms with Gasteiger partial charge < -0.3 is 15.4 Å². The molecule has 2 N–H and O–H groups in total. The highest BCUT2D eigenvalue weighted by Gasteiger charge is 2.51. The molecular formula is C22H26F2N2O4. The quantitative estimate of drug-likeness (QED) is 0.664. The number of halogens is 2. The van der Waals surface area contributed by atoms with E-state index in [9.17, 15) is 23.2 Å². The van der Waals surface area contributed by atoms with Gasteiger partial charge in [-0.3, -0.25) is 14.4 Å². The Bertz CT molecular complexity index is 822. The van der Waals surface area contributed by atoms with Crippen molar-refractivity contribution in [2.45, 2.75) is 44.9 Å². The summed E-state index contributed by atoms with van der Waals surface area (Å²) >= 11 is 0. The SMILES string of the molecule is O=C(CC12CC3CC(CC(C3)C1)C2)NCC(=O)OCC(=O)Nc1cc(F)ccc1F. The first-order chi connectivity index (χ1) is 14.3. The molecule has 1 aromatic rings. The van der Waals surface area contributed by atoms with Gasteiger partial charge in [-0.15, -0.1) is 0 Å². The van der Waals surface area contributed by atoms with Crippen molar-refractivity contribution >= 4 is 23.5 Å². The molecule has 6 nitrogen and oxygen atoms in total. The topological polar surface area (TPSA) is 84.5 Å². The highest BCUT2D eigenvalue weighted by molar-refractivity contribution is 5.93. The number of anilines is 1. The van der Waals surface area contributed by atoms with E-state index in [-0.39, 0.29) is 23.6 Å². The van der Waals surface area contributed by atoms with Gasteiger partial charge in [-0.25, -0.2) is 8.78 Å². The Hall–Kier alpha value is -2.51. The Balaban J connectivity index is 1.18. The van der Waals surface area contributed by atoms with Crippen LogP contribution in [0.4, 0.5) is 14.5 Å². The standard InChI is InChI=1S/C22H26F2N2O4/c23-16-1-2-17(24)18(6-16)26-20(28)12-30-21(29)11-25-19(27)10-22-7-13-3-14(8-22)5-15(4-13)9-22/h1-2,6,13-15H,3-5,7-12H2,(H,25,27)(H,26,28). The second-order valence-electron chi connectivity index (χ2n) is 9.20. The molecule has 4 fully saturated rings. The van der Waals surface area contributed by atoms with Crippen LogP contribution < -0.4 is 10.6 Å². The maximum Gasteiger partial charge on any atom is 0.325 e. The fraction of sp³-hybridized carbons (Fsp3) is 0.591. The molecule has 4 aliphatic rings. The lowest BCUT2D eigenvalue weighted by atomic mass is 9.49. The first-order valence-electron chi connectivity index (χ1n) is 10.5. The summed E-state index contributed by atoms with van der Waals surface area (Å²) in [5, 5.41) is 4.73. The maximum absolute atomic E-state index is 13.5. The number of carbonyl (C=O) groups excluding carboxylic acids is 3. The summed E-state index contributed by atoms with van der Waals surface area (Å²) in [6, 6.07) is 2.65. The molecule has 1 aromatic carbocycles. The molecule has 162 valence electrons. The van der Waals surface area contributed by atoms with Crippen LogP contribution in [-0.4, -0.2) is 30.9 Å². The van der Waals surface area contributed by atoms with Crippen LogP contribution in [-0.2, 0) is 19.1 Å². The van der Waals surface area contributed by atoms with Crippen LogP contribution in [0.25, 0.3) is 0 Å².